The second-order valence-corrected chi connectivity index (χ2v) is 5.50. The van der Waals surface area contributed by atoms with E-state index in [1.54, 1.807) is 0 Å². The van der Waals surface area contributed by atoms with Crippen LogP contribution in [0.25, 0.3) is 0 Å². The van der Waals surface area contributed by atoms with Crippen LogP contribution in [0.5, 0.6) is 0 Å². The minimum atomic E-state index is -0.292. The van der Waals surface area contributed by atoms with Crippen LogP contribution in [0.15, 0.2) is 28.7 Å². The van der Waals surface area contributed by atoms with Crippen molar-refractivity contribution in [2.75, 3.05) is 25.0 Å². The first-order valence-electron chi connectivity index (χ1n) is 6.09. The molecule has 1 saturated heterocycles. The molecule has 1 fully saturated rings. The molecule has 1 amide bonds. The summed E-state index contributed by atoms with van der Waals surface area (Å²) in [5.74, 6) is -0.0357. The van der Waals surface area contributed by atoms with Crippen LogP contribution in [0, 0.1) is 0 Å². The number of carbonyl (C=O) groups excluding carboxylic acids is 1. The first kappa shape index (κ1) is 13.5. The topological polar surface area (TPSA) is 52.6 Å². The summed E-state index contributed by atoms with van der Waals surface area (Å²) < 4.78 is 0.986. The molecule has 1 atom stereocenters. The van der Waals surface area contributed by atoms with Crippen LogP contribution in [0.4, 0.5) is 5.69 Å². The van der Waals surface area contributed by atoms with Crippen molar-refractivity contribution in [2.45, 2.75) is 18.9 Å². The van der Waals surface area contributed by atoms with Crippen LogP contribution in [0.2, 0.25) is 0 Å². The molecule has 0 aliphatic carbocycles. The number of hydrogen-bond acceptors (Lipinski definition) is 3. The summed E-state index contributed by atoms with van der Waals surface area (Å²) in [7, 11) is 0. The quantitative estimate of drug-likeness (QED) is 0.895. The van der Waals surface area contributed by atoms with E-state index in [1.807, 2.05) is 29.2 Å². The number of likely N-dealkylation sites (tertiary alicyclic amines) is 1. The lowest BCUT2D eigenvalue weighted by Crippen LogP contribution is -2.42. The Morgan fingerprint density at radius 3 is 2.83 bits per heavy atom. The summed E-state index contributed by atoms with van der Waals surface area (Å²) >= 11 is 3.35. The molecule has 2 N–H and O–H groups in total. The summed E-state index contributed by atoms with van der Waals surface area (Å²) in [6, 6.07) is 7.49. The van der Waals surface area contributed by atoms with Gasteiger partial charge < -0.3 is 10.4 Å². The van der Waals surface area contributed by atoms with Crippen molar-refractivity contribution in [2.24, 2.45) is 0 Å². The van der Waals surface area contributed by atoms with E-state index >= 15 is 0 Å². The molecule has 1 heterocycles. The zero-order chi connectivity index (χ0) is 13.0. The van der Waals surface area contributed by atoms with E-state index in [1.165, 1.54) is 0 Å². The molecule has 0 aromatic heterocycles. The van der Waals surface area contributed by atoms with Gasteiger partial charge in [0.05, 0.1) is 12.6 Å². The van der Waals surface area contributed by atoms with Crippen molar-refractivity contribution >= 4 is 27.5 Å². The van der Waals surface area contributed by atoms with Gasteiger partial charge in [-0.3, -0.25) is 9.69 Å². The number of aliphatic hydroxyl groups excluding tert-OH is 1. The number of carbonyl (C=O) groups is 1. The SMILES string of the molecule is O=C(CN1CCCC(O)C1)Nc1ccc(Br)cc1. The third-order valence-corrected chi connectivity index (χ3v) is 3.50. The van der Waals surface area contributed by atoms with E-state index in [0.717, 1.165) is 29.5 Å². The molecular weight excluding hydrogens is 296 g/mol. The molecule has 18 heavy (non-hydrogen) atoms. The van der Waals surface area contributed by atoms with Gasteiger partial charge in [-0.05, 0) is 43.7 Å². The molecule has 1 aliphatic heterocycles. The number of amides is 1. The summed E-state index contributed by atoms with van der Waals surface area (Å²) in [6.07, 6.45) is 1.50. The van der Waals surface area contributed by atoms with Crippen molar-refractivity contribution in [1.82, 2.24) is 4.90 Å². The van der Waals surface area contributed by atoms with E-state index in [0.29, 0.717) is 13.1 Å². The monoisotopic (exact) mass is 312 g/mol. The van der Waals surface area contributed by atoms with Crippen molar-refractivity contribution in [3.05, 3.63) is 28.7 Å². The molecule has 4 nitrogen and oxygen atoms in total. The number of anilines is 1. The Kier molecular flexibility index (Phi) is 4.74. The van der Waals surface area contributed by atoms with E-state index < -0.39 is 0 Å². The van der Waals surface area contributed by atoms with Gasteiger partial charge in [-0.2, -0.15) is 0 Å². The largest absolute Gasteiger partial charge is 0.392 e. The van der Waals surface area contributed by atoms with Crippen molar-refractivity contribution in [3.63, 3.8) is 0 Å². The van der Waals surface area contributed by atoms with Crippen LogP contribution in [0.1, 0.15) is 12.8 Å². The van der Waals surface area contributed by atoms with Gasteiger partial charge in [-0.1, -0.05) is 15.9 Å². The summed E-state index contributed by atoms with van der Waals surface area (Å²) in [4.78, 5) is 13.8. The molecule has 2 rings (SSSR count). The highest BCUT2D eigenvalue weighted by molar-refractivity contribution is 9.10. The van der Waals surface area contributed by atoms with Gasteiger partial charge in [-0.25, -0.2) is 0 Å². The smallest absolute Gasteiger partial charge is 0.238 e. The molecule has 1 aromatic carbocycles. The Morgan fingerprint density at radius 1 is 1.44 bits per heavy atom. The third-order valence-electron chi connectivity index (χ3n) is 2.98. The molecular formula is C13H17BrN2O2. The molecule has 5 heteroatoms. The predicted octanol–water partition coefficient (Wildman–Crippen LogP) is 1.84. The van der Waals surface area contributed by atoms with Crippen LogP contribution in [0.3, 0.4) is 0 Å². The number of nitrogens with zero attached hydrogens (tertiary/aromatic N) is 1. The molecule has 0 bridgehead atoms. The minimum Gasteiger partial charge on any atom is -0.392 e. The van der Waals surface area contributed by atoms with Gasteiger partial charge in [0.15, 0.2) is 0 Å². The van der Waals surface area contributed by atoms with Crippen LogP contribution in [-0.2, 0) is 4.79 Å². The normalized spacial score (nSPS) is 20.7. The summed E-state index contributed by atoms with van der Waals surface area (Å²) in [5, 5.41) is 12.4. The lowest BCUT2D eigenvalue weighted by molar-refractivity contribution is -0.118. The Labute approximate surface area is 115 Å². The fourth-order valence-electron chi connectivity index (χ4n) is 2.11. The lowest BCUT2D eigenvalue weighted by Gasteiger charge is -2.29. The van der Waals surface area contributed by atoms with E-state index in [-0.39, 0.29) is 12.0 Å². The van der Waals surface area contributed by atoms with E-state index in [9.17, 15) is 9.90 Å². The molecule has 0 saturated carbocycles. The average Bonchev–Trinajstić information content (AvgIpc) is 2.32. The predicted molar refractivity (Wildman–Crippen MR) is 74.5 cm³/mol. The van der Waals surface area contributed by atoms with Crippen molar-refractivity contribution in [3.8, 4) is 0 Å². The number of aliphatic hydroxyl groups is 1. The highest BCUT2D eigenvalue weighted by Crippen LogP contribution is 2.14. The molecule has 98 valence electrons. The summed E-state index contributed by atoms with van der Waals surface area (Å²) in [6.45, 7) is 1.81. The van der Waals surface area contributed by atoms with Gasteiger partial charge >= 0.3 is 0 Å². The lowest BCUT2D eigenvalue weighted by atomic mass is 10.1. The number of piperidine rings is 1. The maximum absolute atomic E-state index is 11.8. The fourth-order valence-corrected chi connectivity index (χ4v) is 2.38. The van der Waals surface area contributed by atoms with Crippen molar-refractivity contribution in [1.29, 1.82) is 0 Å². The van der Waals surface area contributed by atoms with Gasteiger partial charge in [0, 0.05) is 16.7 Å². The zero-order valence-electron chi connectivity index (χ0n) is 10.1. The first-order valence-corrected chi connectivity index (χ1v) is 6.88. The van der Waals surface area contributed by atoms with Crippen LogP contribution in [-0.4, -0.2) is 41.7 Å². The first-order chi connectivity index (χ1) is 8.63. The minimum absolute atomic E-state index is 0.0357. The standard InChI is InChI=1S/C13H17BrN2O2/c14-10-3-5-11(6-4-10)15-13(18)9-16-7-1-2-12(17)8-16/h3-6,12,17H,1-2,7-9H2,(H,15,18). The Hall–Kier alpha value is -0.910. The second-order valence-electron chi connectivity index (χ2n) is 4.59. The number of hydrogen-bond donors (Lipinski definition) is 2. The van der Waals surface area contributed by atoms with E-state index in [2.05, 4.69) is 21.2 Å². The average molecular weight is 313 g/mol. The molecule has 0 radical (unpaired) electrons. The van der Waals surface area contributed by atoms with Crippen LogP contribution >= 0.6 is 15.9 Å². The molecule has 0 spiro atoms. The van der Waals surface area contributed by atoms with Crippen LogP contribution < -0.4 is 5.32 Å². The Bertz CT molecular complexity index is 408. The highest BCUT2D eigenvalue weighted by Gasteiger charge is 2.19. The molecule has 1 aromatic rings. The van der Waals surface area contributed by atoms with Gasteiger partial charge in [-0.15, -0.1) is 0 Å². The number of halogens is 1. The zero-order valence-corrected chi connectivity index (χ0v) is 11.7. The number of β-amino-alcohol motifs (C(OH)–C–C–N with tert-alkyl or cyclic N) is 1. The van der Waals surface area contributed by atoms with Gasteiger partial charge in [0.1, 0.15) is 0 Å². The number of benzene rings is 1. The van der Waals surface area contributed by atoms with Crippen molar-refractivity contribution < 1.29 is 9.90 Å². The number of nitrogens with one attached hydrogen (secondary N) is 1. The van der Waals surface area contributed by atoms with Gasteiger partial charge in [0.2, 0.25) is 5.91 Å². The Morgan fingerprint density at radius 2 is 2.17 bits per heavy atom. The van der Waals surface area contributed by atoms with E-state index in [4.69, 9.17) is 0 Å². The maximum atomic E-state index is 11.8. The van der Waals surface area contributed by atoms with Gasteiger partial charge in [0.25, 0.3) is 0 Å². The highest BCUT2D eigenvalue weighted by atomic mass is 79.9. The molecule has 1 aliphatic rings. The molecule has 1 unspecified atom stereocenters. The fraction of sp³-hybridized carbons (Fsp3) is 0.462. The Balaban J connectivity index is 1.83. The second kappa shape index (κ2) is 6.31. The third kappa shape index (κ3) is 4.08. The maximum Gasteiger partial charge on any atom is 0.238 e. The summed E-state index contributed by atoms with van der Waals surface area (Å²) in [5.41, 5.74) is 0.792. The number of rotatable bonds is 3.